The minimum atomic E-state index is -3.47. The van der Waals surface area contributed by atoms with Gasteiger partial charge in [0.2, 0.25) is 10.0 Å². The average Bonchev–Trinajstić information content (AvgIpc) is 2.61. The highest BCUT2D eigenvalue weighted by Crippen LogP contribution is 2.32. The summed E-state index contributed by atoms with van der Waals surface area (Å²) in [4.78, 5) is 2.49. The maximum atomic E-state index is 12.5. The molecular weight excluding hydrogens is 324 g/mol. The van der Waals surface area contributed by atoms with E-state index in [9.17, 15) is 8.42 Å². The Morgan fingerprint density at radius 1 is 1.17 bits per heavy atom. The summed E-state index contributed by atoms with van der Waals surface area (Å²) in [6, 6.07) is 7.44. The summed E-state index contributed by atoms with van der Waals surface area (Å²) in [5, 5.41) is 0. The van der Waals surface area contributed by atoms with E-state index in [1.54, 1.807) is 12.1 Å². The van der Waals surface area contributed by atoms with Crippen molar-refractivity contribution in [2.45, 2.75) is 49.0 Å². The van der Waals surface area contributed by atoms with Gasteiger partial charge in [0.25, 0.3) is 0 Å². The van der Waals surface area contributed by atoms with Crippen molar-refractivity contribution in [1.29, 1.82) is 0 Å². The second-order valence-corrected chi connectivity index (χ2v) is 8.78. The van der Waals surface area contributed by atoms with Crippen LogP contribution in [-0.4, -0.2) is 52.7 Å². The largest absolute Gasteiger partial charge is 0.374 e. The van der Waals surface area contributed by atoms with Crippen LogP contribution in [0.3, 0.4) is 0 Å². The predicted octanol–water partition coefficient (Wildman–Crippen LogP) is 2.34. The van der Waals surface area contributed by atoms with Gasteiger partial charge in [-0.05, 0) is 43.5 Å². The van der Waals surface area contributed by atoms with Crippen LogP contribution in [0.5, 0.6) is 0 Å². The lowest BCUT2D eigenvalue weighted by Gasteiger charge is -2.30. The molecule has 0 bridgehead atoms. The Hall–Kier alpha value is -0.950. The number of ether oxygens (including phenoxy) is 1. The molecule has 1 unspecified atom stereocenters. The van der Waals surface area contributed by atoms with Crippen LogP contribution in [0.15, 0.2) is 29.2 Å². The highest BCUT2D eigenvalue weighted by atomic mass is 32.2. The van der Waals surface area contributed by atoms with E-state index < -0.39 is 10.0 Å². The second kappa shape index (κ2) is 7.95. The molecule has 2 fully saturated rings. The molecule has 0 radical (unpaired) electrons. The smallest absolute Gasteiger partial charge is 0.240 e. The number of nitrogens with zero attached hydrogens (tertiary/aromatic N) is 1. The van der Waals surface area contributed by atoms with Gasteiger partial charge in [-0.1, -0.05) is 31.4 Å². The molecule has 3 rings (SSSR count). The van der Waals surface area contributed by atoms with Gasteiger partial charge in [0.05, 0.1) is 17.6 Å². The summed E-state index contributed by atoms with van der Waals surface area (Å²) in [6.45, 7) is 2.62. The molecule has 2 aliphatic rings. The molecule has 1 heterocycles. The van der Waals surface area contributed by atoms with Crippen LogP contribution in [0.2, 0.25) is 0 Å². The summed E-state index contributed by atoms with van der Waals surface area (Å²) < 4.78 is 33.2. The maximum absolute atomic E-state index is 12.5. The van der Waals surface area contributed by atoms with Crippen molar-refractivity contribution >= 4 is 10.0 Å². The molecule has 5 nitrogen and oxygen atoms in total. The number of hydrogen-bond donors (Lipinski definition) is 1. The van der Waals surface area contributed by atoms with Crippen LogP contribution in [-0.2, 0) is 14.8 Å². The van der Waals surface area contributed by atoms with E-state index in [2.05, 4.69) is 9.62 Å². The van der Waals surface area contributed by atoms with Crippen molar-refractivity contribution in [2.75, 3.05) is 33.3 Å². The molecule has 1 N–H and O–H groups in total. The van der Waals surface area contributed by atoms with Crippen LogP contribution in [0, 0.1) is 0 Å². The van der Waals surface area contributed by atoms with Crippen molar-refractivity contribution in [3.8, 4) is 0 Å². The van der Waals surface area contributed by atoms with Crippen molar-refractivity contribution in [2.24, 2.45) is 0 Å². The lowest BCUT2D eigenvalue weighted by atomic mass is 9.84. The van der Waals surface area contributed by atoms with E-state index in [0.717, 1.165) is 13.1 Å². The average molecular weight is 353 g/mol. The molecule has 1 aromatic carbocycles. The SMILES string of the molecule is CN1CCOC(CNS(=O)(=O)c2ccc(C3CCCCC3)cc2)C1. The maximum Gasteiger partial charge on any atom is 0.240 e. The molecule has 1 atom stereocenters. The first kappa shape index (κ1) is 17.9. The Bertz CT molecular complexity index is 624. The third-order valence-electron chi connectivity index (χ3n) is 5.11. The Kier molecular flexibility index (Phi) is 5.92. The molecule has 134 valence electrons. The Morgan fingerprint density at radius 2 is 1.88 bits per heavy atom. The number of morpholine rings is 1. The van der Waals surface area contributed by atoms with Gasteiger partial charge < -0.3 is 9.64 Å². The summed E-state index contributed by atoms with van der Waals surface area (Å²) in [7, 11) is -1.45. The van der Waals surface area contributed by atoms with Gasteiger partial charge in [-0.2, -0.15) is 0 Å². The van der Waals surface area contributed by atoms with Crippen LogP contribution < -0.4 is 4.72 Å². The standard InChI is InChI=1S/C18H28N2O3S/c1-20-11-12-23-17(14-20)13-19-24(21,22)18-9-7-16(8-10-18)15-5-3-2-4-6-15/h7-10,15,17,19H,2-6,11-14H2,1H3. The Balaban J connectivity index is 1.59. The van der Waals surface area contributed by atoms with Crippen molar-refractivity contribution in [3.05, 3.63) is 29.8 Å². The van der Waals surface area contributed by atoms with Gasteiger partial charge in [-0.25, -0.2) is 13.1 Å². The quantitative estimate of drug-likeness (QED) is 0.884. The lowest BCUT2D eigenvalue weighted by molar-refractivity contribution is -0.0156. The van der Waals surface area contributed by atoms with E-state index in [-0.39, 0.29) is 6.10 Å². The molecule has 0 aromatic heterocycles. The van der Waals surface area contributed by atoms with Gasteiger partial charge in [-0.3, -0.25) is 0 Å². The fourth-order valence-electron chi connectivity index (χ4n) is 3.63. The molecule has 1 saturated carbocycles. The highest BCUT2D eigenvalue weighted by molar-refractivity contribution is 7.89. The topological polar surface area (TPSA) is 58.6 Å². The van der Waals surface area contributed by atoms with Gasteiger partial charge in [-0.15, -0.1) is 0 Å². The molecule has 0 amide bonds. The number of likely N-dealkylation sites (N-methyl/N-ethyl adjacent to an activating group) is 1. The molecule has 1 aliphatic heterocycles. The molecule has 1 aliphatic carbocycles. The zero-order valence-electron chi connectivity index (χ0n) is 14.4. The normalized spacial score (nSPS) is 24.1. The van der Waals surface area contributed by atoms with Crippen LogP contribution in [0.4, 0.5) is 0 Å². The van der Waals surface area contributed by atoms with Gasteiger partial charge in [0, 0.05) is 19.6 Å². The van der Waals surface area contributed by atoms with Crippen molar-refractivity contribution < 1.29 is 13.2 Å². The first-order valence-electron chi connectivity index (χ1n) is 8.94. The van der Waals surface area contributed by atoms with Crippen LogP contribution >= 0.6 is 0 Å². The van der Waals surface area contributed by atoms with Crippen molar-refractivity contribution in [1.82, 2.24) is 9.62 Å². The first-order valence-corrected chi connectivity index (χ1v) is 10.4. The van der Waals surface area contributed by atoms with E-state index in [1.807, 2.05) is 19.2 Å². The number of rotatable bonds is 5. The fourth-order valence-corrected chi connectivity index (χ4v) is 4.70. The van der Waals surface area contributed by atoms with Crippen LogP contribution in [0.1, 0.15) is 43.6 Å². The van der Waals surface area contributed by atoms with E-state index >= 15 is 0 Å². The first-order chi connectivity index (χ1) is 11.5. The monoisotopic (exact) mass is 352 g/mol. The molecule has 0 spiro atoms. The number of nitrogens with one attached hydrogen (secondary N) is 1. The Morgan fingerprint density at radius 3 is 2.54 bits per heavy atom. The number of benzene rings is 1. The van der Waals surface area contributed by atoms with Gasteiger partial charge in [0.1, 0.15) is 0 Å². The van der Waals surface area contributed by atoms with Crippen molar-refractivity contribution in [3.63, 3.8) is 0 Å². The number of hydrogen-bond acceptors (Lipinski definition) is 4. The number of sulfonamides is 1. The van der Waals surface area contributed by atoms with Gasteiger partial charge >= 0.3 is 0 Å². The lowest BCUT2D eigenvalue weighted by Crippen LogP contribution is -2.45. The van der Waals surface area contributed by atoms with Gasteiger partial charge in [0.15, 0.2) is 0 Å². The zero-order valence-corrected chi connectivity index (χ0v) is 15.2. The third kappa shape index (κ3) is 4.57. The highest BCUT2D eigenvalue weighted by Gasteiger charge is 2.22. The molecule has 6 heteroatoms. The summed E-state index contributed by atoms with van der Waals surface area (Å²) in [5.41, 5.74) is 1.27. The second-order valence-electron chi connectivity index (χ2n) is 7.01. The molecule has 24 heavy (non-hydrogen) atoms. The fraction of sp³-hybridized carbons (Fsp3) is 0.667. The molecular formula is C18H28N2O3S. The summed E-state index contributed by atoms with van der Waals surface area (Å²) in [6.07, 6.45) is 6.24. The summed E-state index contributed by atoms with van der Waals surface area (Å²) in [5.74, 6) is 0.592. The zero-order chi connectivity index (χ0) is 17.0. The minimum absolute atomic E-state index is 0.0833. The van der Waals surface area contributed by atoms with Crippen LogP contribution in [0.25, 0.3) is 0 Å². The van der Waals surface area contributed by atoms with E-state index in [1.165, 1.54) is 37.7 Å². The minimum Gasteiger partial charge on any atom is -0.374 e. The molecule has 1 aromatic rings. The molecule has 1 saturated heterocycles. The third-order valence-corrected chi connectivity index (χ3v) is 6.55. The van der Waals surface area contributed by atoms with E-state index in [0.29, 0.717) is 24.0 Å². The summed E-state index contributed by atoms with van der Waals surface area (Å²) >= 11 is 0. The van der Waals surface area contributed by atoms with E-state index in [4.69, 9.17) is 4.74 Å². The predicted molar refractivity (Wildman–Crippen MR) is 94.7 cm³/mol. The Labute approximate surface area is 145 Å².